The molecule has 0 heterocycles. The van der Waals surface area contributed by atoms with Crippen molar-refractivity contribution in [2.45, 2.75) is 72.0 Å². The van der Waals surface area contributed by atoms with Gasteiger partial charge in [0.05, 0.1) is 10.0 Å². The molecule has 0 fully saturated rings. The Hall–Kier alpha value is -4.40. The second-order valence-electron chi connectivity index (χ2n) is 13.4. The molecule has 0 radical (unpaired) electrons. The summed E-state index contributed by atoms with van der Waals surface area (Å²) in [6.07, 6.45) is -0.410. The molecule has 8 nitrogen and oxygen atoms in total. The first-order chi connectivity index (χ1) is 23.7. The molecule has 0 saturated carbocycles. The molecule has 0 bridgehead atoms. The Morgan fingerprint density at radius 3 is 2.16 bits per heavy atom. The quantitative estimate of drug-likeness (QED) is 0.126. The highest BCUT2D eigenvalue weighted by Crippen LogP contribution is 2.34. The Labute approximate surface area is 305 Å². The zero-order chi connectivity index (χ0) is 36.4. The normalized spacial score (nSPS) is 12.5. The highest BCUT2D eigenvalue weighted by atomic mass is 35.5. The third kappa shape index (κ3) is 11.6. The zero-order valence-electron chi connectivity index (χ0n) is 29.5. The van der Waals surface area contributed by atoms with Crippen LogP contribution in [0.2, 0.25) is 10.0 Å². The number of carbonyl (C=O) groups is 2. The lowest BCUT2D eigenvalue weighted by Crippen LogP contribution is -2.35. The van der Waals surface area contributed by atoms with Crippen molar-refractivity contribution in [3.63, 3.8) is 0 Å². The predicted octanol–water partition coefficient (Wildman–Crippen LogP) is 9.61. The van der Waals surface area contributed by atoms with Crippen LogP contribution >= 0.6 is 23.2 Å². The summed E-state index contributed by atoms with van der Waals surface area (Å²) in [4.78, 5) is 23.9. The smallest absolute Gasteiger partial charge is 0.407 e. The highest BCUT2D eigenvalue weighted by molar-refractivity contribution is 6.37. The van der Waals surface area contributed by atoms with Gasteiger partial charge in [0.25, 0.3) is 0 Å². The topological polar surface area (TPSA) is 109 Å². The summed E-state index contributed by atoms with van der Waals surface area (Å²) >= 11 is 12.6. The van der Waals surface area contributed by atoms with Crippen molar-refractivity contribution < 1.29 is 28.5 Å². The van der Waals surface area contributed by atoms with Crippen molar-refractivity contribution in [1.29, 1.82) is 0 Å². The molecule has 0 aromatic heterocycles. The largest absolute Gasteiger partial charge is 0.490 e. The number of carbonyl (C=O) groups excluding carboxylic acids is 2. The number of rotatable bonds is 14. The van der Waals surface area contributed by atoms with Gasteiger partial charge in [0.2, 0.25) is 0 Å². The Morgan fingerprint density at radius 1 is 0.860 bits per heavy atom. The molecule has 10 heteroatoms. The van der Waals surface area contributed by atoms with Crippen LogP contribution in [0.4, 0.5) is 9.59 Å². The van der Waals surface area contributed by atoms with Gasteiger partial charge in [0.1, 0.15) is 30.7 Å². The van der Waals surface area contributed by atoms with E-state index in [0.29, 0.717) is 47.5 Å². The fourth-order valence-corrected chi connectivity index (χ4v) is 6.48. The highest BCUT2D eigenvalue weighted by Gasteiger charge is 2.21. The number of ether oxygens (including phenoxy) is 4. The van der Waals surface area contributed by atoms with Gasteiger partial charge in [-0.3, -0.25) is 0 Å². The van der Waals surface area contributed by atoms with Crippen LogP contribution in [0.15, 0.2) is 78.9 Å². The maximum atomic E-state index is 12.7. The molecule has 2 unspecified atom stereocenters. The number of primary amides is 1. The van der Waals surface area contributed by atoms with E-state index in [0.717, 1.165) is 38.9 Å². The first-order valence-corrected chi connectivity index (χ1v) is 17.4. The van der Waals surface area contributed by atoms with E-state index >= 15 is 0 Å². The minimum atomic E-state index is -0.789. The Kier molecular flexibility index (Phi) is 13.4. The van der Waals surface area contributed by atoms with E-state index < -0.39 is 17.8 Å². The van der Waals surface area contributed by atoms with Crippen molar-refractivity contribution in [1.82, 2.24) is 5.32 Å². The van der Waals surface area contributed by atoms with E-state index in [4.69, 9.17) is 47.9 Å². The van der Waals surface area contributed by atoms with Gasteiger partial charge in [-0.15, -0.1) is 0 Å². The molecular weight excluding hydrogens is 675 g/mol. The molecule has 3 N–H and O–H groups in total. The summed E-state index contributed by atoms with van der Waals surface area (Å²) in [5, 5.41) is 3.91. The van der Waals surface area contributed by atoms with Crippen LogP contribution in [0.1, 0.15) is 61.4 Å². The SMILES string of the molecule is Cc1cc(Cl)c(OCCOc2ccc(CC(CNC(=O)OC(C)(C)C)c3ccc(-c4ccccc4CC(C)OC(N)=O)cc3C)cc2)c(Cl)c1. The van der Waals surface area contributed by atoms with E-state index in [2.05, 4.69) is 36.5 Å². The van der Waals surface area contributed by atoms with Gasteiger partial charge in [-0.1, -0.05) is 77.8 Å². The van der Waals surface area contributed by atoms with Gasteiger partial charge in [-0.25, -0.2) is 9.59 Å². The Morgan fingerprint density at radius 2 is 1.52 bits per heavy atom. The van der Waals surface area contributed by atoms with E-state index in [1.165, 1.54) is 0 Å². The van der Waals surface area contributed by atoms with Crippen molar-refractivity contribution in [3.8, 4) is 22.6 Å². The molecule has 0 aliphatic rings. The summed E-state index contributed by atoms with van der Waals surface area (Å²) in [5.74, 6) is 1.11. The second kappa shape index (κ2) is 17.5. The first kappa shape index (κ1) is 38.4. The van der Waals surface area contributed by atoms with Gasteiger partial charge in [0.15, 0.2) is 5.75 Å². The third-order valence-corrected chi connectivity index (χ3v) is 8.46. The lowest BCUT2D eigenvalue weighted by atomic mass is 9.86. The molecule has 0 aliphatic heterocycles. The lowest BCUT2D eigenvalue weighted by molar-refractivity contribution is 0.0524. The number of halogens is 2. The van der Waals surface area contributed by atoms with Crippen LogP contribution in [0, 0.1) is 13.8 Å². The molecule has 266 valence electrons. The van der Waals surface area contributed by atoms with Crippen molar-refractivity contribution >= 4 is 35.4 Å². The monoisotopic (exact) mass is 720 g/mol. The molecule has 4 aromatic rings. The van der Waals surface area contributed by atoms with E-state index in [9.17, 15) is 9.59 Å². The second-order valence-corrected chi connectivity index (χ2v) is 14.2. The van der Waals surface area contributed by atoms with E-state index in [-0.39, 0.29) is 18.6 Å². The molecule has 50 heavy (non-hydrogen) atoms. The Bertz CT molecular complexity index is 1750. The number of alkyl carbamates (subject to hydrolysis) is 1. The number of nitrogens with one attached hydrogen (secondary N) is 1. The van der Waals surface area contributed by atoms with Crippen LogP contribution in [0.3, 0.4) is 0 Å². The number of aryl methyl sites for hydroxylation is 2. The molecule has 0 spiro atoms. The third-order valence-electron chi connectivity index (χ3n) is 7.90. The molecule has 2 atom stereocenters. The van der Waals surface area contributed by atoms with Crippen molar-refractivity contribution in [3.05, 3.63) is 117 Å². The molecule has 2 amide bonds. The van der Waals surface area contributed by atoms with Gasteiger partial charge >= 0.3 is 12.2 Å². The standard InChI is InChI=1S/C40H46Cl2N2O6/c1-25-19-35(41)37(36(42)20-25)48-18-17-47-32-14-11-28(12-15-32)23-31(24-44-39(46)50-40(4,5)6)33-16-13-30(21-26(33)2)34-10-8-7-9-29(34)22-27(3)49-38(43)45/h7-16,19-21,27,31H,17-18,22-24H2,1-6H3,(H2,43,45)(H,44,46). The average Bonchev–Trinajstić information content (AvgIpc) is 3.02. The minimum absolute atomic E-state index is 0.0417. The fraction of sp³-hybridized carbons (Fsp3) is 0.350. The number of amides is 2. The maximum absolute atomic E-state index is 12.7. The molecule has 0 aliphatic carbocycles. The van der Waals surface area contributed by atoms with Gasteiger partial charge < -0.3 is 30.0 Å². The first-order valence-electron chi connectivity index (χ1n) is 16.6. The predicted molar refractivity (Wildman–Crippen MR) is 200 cm³/mol. The summed E-state index contributed by atoms with van der Waals surface area (Å²) in [7, 11) is 0. The zero-order valence-corrected chi connectivity index (χ0v) is 31.0. The number of nitrogens with two attached hydrogens (primary N) is 1. The van der Waals surface area contributed by atoms with Crippen LogP contribution in [-0.2, 0) is 22.3 Å². The van der Waals surface area contributed by atoms with Crippen LogP contribution in [-0.4, -0.2) is 43.7 Å². The Balaban J connectivity index is 1.48. The van der Waals surface area contributed by atoms with Crippen LogP contribution < -0.4 is 20.5 Å². The molecule has 0 saturated heterocycles. The van der Waals surface area contributed by atoms with Gasteiger partial charge in [0, 0.05) is 18.9 Å². The summed E-state index contributed by atoms with van der Waals surface area (Å²) in [6.45, 7) is 12.3. The van der Waals surface area contributed by atoms with Gasteiger partial charge in [-0.05, 0) is 111 Å². The summed E-state index contributed by atoms with van der Waals surface area (Å²) < 4.78 is 22.4. The molecular formula is C40H46Cl2N2O6. The number of benzene rings is 4. The summed E-state index contributed by atoms with van der Waals surface area (Å²) in [6, 6.07) is 25.9. The molecule has 4 rings (SSSR count). The van der Waals surface area contributed by atoms with Crippen molar-refractivity contribution in [2.24, 2.45) is 5.73 Å². The lowest BCUT2D eigenvalue weighted by Gasteiger charge is -2.24. The van der Waals surface area contributed by atoms with Crippen LogP contribution in [0.25, 0.3) is 11.1 Å². The summed E-state index contributed by atoms with van der Waals surface area (Å²) in [5.41, 5.74) is 12.0. The average molecular weight is 722 g/mol. The number of hydrogen-bond donors (Lipinski definition) is 2. The number of hydrogen-bond acceptors (Lipinski definition) is 6. The fourth-order valence-electron chi connectivity index (χ4n) is 5.78. The maximum Gasteiger partial charge on any atom is 0.407 e. The minimum Gasteiger partial charge on any atom is -0.490 e. The van der Waals surface area contributed by atoms with Crippen molar-refractivity contribution in [2.75, 3.05) is 19.8 Å². The van der Waals surface area contributed by atoms with E-state index in [1.807, 2.05) is 77.1 Å². The van der Waals surface area contributed by atoms with Gasteiger partial charge in [-0.2, -0.15) is 0 Å². The van der Waals surface area contributed by atoms with E-state index in [1.54, 1.807) is 12.1 Å². The molecule has 4 aromatic carbocycles. The van der Waals surface area contributed by atoms with Crippen LogP contribution in [0.5, 0.6) is 11.5 Å².